The van der Waals surface area contributed by atoms with Crippen molar-refractivity contribution in [1.29, 1.82) is 0 Å². The Morgan fingerprint density at radius 2 is 2.20 bits per heavy atom. The van der Waals surface area contributed by atoms with E-state index in [1.165, 1.54) is 0 Å². The van der Waals surface area contributed by atoms with Gasteiger partial charge in [-0.25, -0.2) is 8.78 Å². The first-order valence-electron chi connectivity index (χ1n) is 3.34. The molecule has 0 amide bonds. The summed E-state index contributed by atoms with van der Waals surface area (Å²) in [5, 5.41) is 8.89. The summed E-state index contributed by atoms with van der Waals surface area (Å²) in [6, 6.07) is 0. The van der Waals surface area contributed by atoms with Gasteiger partial charge in [-0.3, -0.25) is 0 Å². The first kappa shape index (κ1) is 7.88. The van der Waals surface area contributed by atoms with Gasteiger partial charge in [-0.2, -0.15) is 0 Å². The minimum Gasteiger partial charge on any atom is -0.387 e. The van der Waals surface area contributed by atoms with Crippen molar-refractivity contribution < 1.29 is 13.9 Å². The molecule has 2 nitrogen and oxygen atoms in total. The van der Waals surface area contributed by atoms with Crippen molar-refractivity contribution in [3.05, 3.63) is 0 Å². The van der Waals surface area contributed by atoms with Gasteiger partial charge in [-0.15, -0.1) is 0 Å². The summed E-state index contributed by atoms with van der Waals surface area (Å²) in [4.78, 5) is 0. The SMILES string of the molecule is NC[C@@H]1CCC(F)(F)[C@H]1O. The monoisotopic (exact) mass is 151 g/mol. The number of aliphatic hydroxyl groups is 1. The molecule has 60 valence electrons. The molecule has 1 saturated carbocycles. The first-order valence-corrected chi connectivity index (χ1v) is 3.34. The highest BCUT2D eigenvalue weighted by molar-refractivity contribution is 4.90. The van der Waals surface area contributed by atoms with Crippen LogP contribution < -0.4 is 5.73 Å². The van der Waals surface area contributed by atoms with Gasteiger partial charge in [-0.05, 0) is 13.0 Å². The largest absolute Gasteiger partial charge is 0.387 e. The van der Waals surface area contributed by atoms with Crippen LogP contribution in [0, 0.1) is 5.92 Å². The molecule has 0 spiro atoms. The smallest absolute Gasteiger partial charge is 0.273 e. The summed E-state index contributed by atoms with van der Waals surface area (Å²) in [6.45, 7) is 0.150. The zero-order valence-corrected chi connectivity index (χ0v) is 5.56. The van der Waals surface area contributed by atoms with Crippen molar-refractivity contribution in [3.63, 3.8) is 0 Å². The highest BCUT2D eigenvalue weighted by Crippen LogP contribution is 2.38. The van der Waals surface area contributed by atoms with E-state index in [2.05, 4.69) is 0 Å². The lowest BCUT2D eigenvalue weighted by molar-refractivity contribution is -0.0970. The molecule has 0 heterocycles. The van der Waals surface area contributed by atoms with Crippen LogP contribution in [0.5, 0.6) is 0 Å². The van der Waals surface area contributed by atoms with Crippen LogP contribution in [0.15, 0.2) is 0 Å². The molecular weight excluding hydrogens is 140 g/mol. The van der Waals surface area contributed by atoms with Crippen LogP contribution in [0.25, 0.3) is 0 Å². The van der Waals surface area contributed by atoms with Gasteiger partial charge in [0.25, 0.3) is 5.92 Å². The van der Waals surface area contributed by atoms with Crippen molar-refractivity contribution in [2.75, 3.05) is 6.54 Å². The van der Waals surface area contributed by atoms with Crippen LogP contribution >= 0.6 is 0 Å². The van der Waals surface area contributed by atoms with Crippen LogP contribution in [0.2, 0.25) is 0 Å². The highest BCUT2D eigenvalue weighted by Gasteiger charge is 2.48. The van der Waals surface area contributed by atoms with Gasteiger partial charge >= 0.3 is 0 Å². The second-order valence-corrected chi connectivity index (χ2v) is 2.74. The van der Waals surface area contributed by atoms with E-state index < -0.39 is 17.9 Å². The van der Waals surface area contributed by atoms with E-state index in [0.29, 0.717) is 6.42 Å². The minimum absolute atomic E-state index is 0.150. The first-order chi connectivity index (χ1) is 4.58. The molecule has 0 aromatic heterocycles. The Kier molecular flexibility index (Phi) is 1.92. The lowest BCUT2D eigenvalue weighted by Gasteiger charge is -2.16. The summed E-state index contributed by atoms with van der Waals surface area (Å²) in [5.74, 6) is -3.31. The van der Waals surface area contributed by atoms with Crippen molar-refractivity contribution in [1.82, 2.24) is 0 Å². The summed E-state index contributed by atoms with van der Waals surface area (Å²) in [5.41, 5.74) is 5.15. The second kappa shape index (κ2) is 2.43. The fraction of sp³-hybridized carbons (Fsp3) is 1.00. The number of nitrogens with two attached hydrogens (primary N) is 1. The van der Waals surface area contributed by atoms with Crippen molar-refractivity contribution >= 4 is 0 Å². The Morgan fingerprint density at radius 3 is 2.40 bits per heavy atom. The zero-order valence-electron chi connectivity index (χ0n) is 5.56. The molecule has 0 aromatic rings. The molecule has 1 rings (SSSR count). The Morgan fingerprint density at radius 1 is 1.60 bits per heavy atom. The van der Waals surface area contributed by atoms with Crippen LogP contribution in [0.1, 0.15) is 12.8 Å². The van der Waals surface area contributed by atoms with Crippen LogP contribution in [0.3, 0.4) is 0 Å². The standard InChI is InChI=1S/C6H11F2NO/c7-6(8)2-1-4(3-9)5(6)10/h4-5,10H,1-3,9H2/t4-,5-/m0/s1. The molecule has 0 aromatic carbocycles. The summed E-state index contributed by atoms with van der Waals surface area (Å²) >= 11 is 0. The van der Waals surface area contributed by atoms with E-state index in [9.17, 15) is 8.78 Å². The average molecular weight is 151 g/mol. The van der Waals surface area contributed by atoms with Gasteiger partial charge < -0.3 is 10.8 Å². The second-order valence-electron chi connectivity index (χ2n) is 2.74. The molecule has 0 unspecified atom stereocenters. The number of aliphatic hydroxyl groups excluding tert-OH is 1. The van der Waals surface area contributed by atoms with E-state index in [1.807, 2.05) is 0 Å². The van der Waals surface area contributed by atoms with Crippen molar-refractivity contribution in [2.24, 2.45) is 11.7 Å². The lowest BCUT2D eigenvalue weighted by atomic mass is 10.1. The molecule has 0 saturated heterocycles. The third-order valence-corrected chi connectivity index (χ3v) is 2.03. The maximum absolute atomic E-state index is 12.5. The molecule has 0 bridgehead atoms. The number of hydrogen-bond donors (Lipinski definition) is 2. The van der Waals surface area contributed by atoms with Gasteiger partial charge in [0.2, 0.25) is 0 Å². The fourth-order valence-corrected chi connectivity index (χ4v) is 1.28. The summed E-state index contributed by atoms with van der Waals surface area (Å²) in [6.07, 6.45) is -1.40. The van der Waals surface area contributed by atoms with E-state index in [-0.39, 0.29) is 13.0 Å². The van der Waals surface area contributed by atoms with E-state index in [4.69, 9.17) is 10.8 Å². The molecule has 4 heteroatoms. The third-order valence-electron chi connectivity index (χ3n) is 2.03. The Bertz CT molecular complexity index is 129. The van der Waals surface area contributed by atoms with Gasteiger partial charge in [0.15, 0.2) is 0 Å². The quantitative estimate of drug-likeness (QED) is 0.568. The van der Waals surface area contributed by atoms with Crippen LogP contribution in [-0.2, 0) is 0 Å². The molecule has 3 N–H and O–H groups in total. The van der Waals surface area contributed by atoms with Crippen LogP contribution in [0.4, 0.5) is 8.78 Å². The molecule has 1 aliphatic carbocycles. The molecule has 1 fully saturated rings. The number of halogens is 2. The van der Waals surface area contributed by atoms with Gasteiger partial charge in [0, 0.05) is 12.3 Å². The van der Waals surface area contributed by atoms with E-state index >= 15 is 0 Å². The van der Waals surface area contributed by atoms with Gasteiger partial charge in [0.1, 0.15) is 6.10 Å². The fourth-order valence-electron chi connectivity index (χ4n) is 1.28. The predicted molar refractivity (Wildman–Crippen MR) is 32.7 cm³/mol. The average Bonchev–Trinajstić information content (AvgIpc) is 2.10. The molecule has 1 aliphatic rings. The Balaban J connectivity index is 2.58. The van der Waals surface area contributed by atoms with Gasteiger partial charge in [-0.1, -0.05) is 0 Å². The van der Waals surface area contributed by atoms with Crippen molar-refractivity contribution in [2.45, 2.75) is 24.9 Å². The Labute approximate surface area is 58.0 Å². The number of alkyl halides is 2. The predicted octanol–water partition coefficient (Wildman–Crippen LogP) is 0.351. The highest BCUT2D eigenvalue weighted by atomic mass is 19.3. The normalized spacial score (nSPS) is 38.4. The lowest BCUT2D eigenvalue weighted by Crippen LogP contribution is -2.34. The van der Waals surface area contributed by atoms with E-state index in [1.54, 1.807) is 0 Å². The summed E-state index contributed by atoms with van der Waals surface area (Å²) < 4.78 is 24.9. The molecular formula is C6H11F2NO. The Hall–Kier alpha value is -0.220. The summed E-state index contributed by atoms with van der Waals surface area (Å²) in [7, 11) is 0. The van der Waals surface area contributed by atoms with Gasteiger partial charge in [0.05, 0.1) is 0 Å². The topological polar surface area (TPSA) is 46.2 Å². The third kappa shape index (κ3) is 1.13. The molecule has 0 radical (unpaired) electrons. The number of rotatable bonds is 1. The number of hydrogen-bond acceptors (Lipinski definition) is 2. The van der Waals surface area contributed by atoms with Crippen molar-refractivity contribution in [3.8, 4) is 0 Å². The molecule has 10 heavy (non-hydrogen) atoms. The van der Waals surface area contributed by atoms with E-state index in [0.717, 1.165) is 0 Å². The molecule has 0 aliphatic heterocycles. The molecule has 2 atom stereocenters. The maximum Gasteiger partial charge on any atom is 0.273 e. The zero-order chi connectivity index (χ0) is 7.78. The van der Waals surface area contributed by atoms with Crippen LogP contribution in [-0.4, -0.2) is 23.7 Å². The maximum atomic E-state index is 12.5. The minimum atomic E-state index is -2.90.